The minimum Gasteiger partial charge on any atom is -0.507 e. The molecule has 0 heterocycles. The lowest BCUT2D eigenvalue weighted by Crippen LogP contribution is -2.21. The van der Waals surface area contributed by atoms with E-state index >= 15 is 0 Å². The summed E-state index contributed by atoms with van der Waals surface area (Å²) in [6.07, 6.45) is 0. The van der Waals surface area contributed by atoms with Crippen molar-refractivity contribution in [3.8, 4) is 5.75 Å². The van der Waals surface area contributed by atoms with Crippen molar-refractivity contribution in [2.24, 2.45) is 0 Å². The highest BCUT2D eigenvalue weighted by Gasteiger charge is 2.19. The van der Waals surface area contributed by atoms with Crippen molar-refractivity contribution in [3.05, 3.63) is 29.8 Å². The third kappa shape index (κ3) is 2.46. The summed E-state index contributed by atoms with van der Waals surface area (Å²) in [6, 6.07) is 5.64. The van der Waals surface area contributed by atoms with Crippen LogP contribution in [0.25, 0.3) is 0 Å². The number of hydrogen-bond donors (Lipinski definition) is 3. The van der Waals surface area contributed by atoms with Crippen LogP contribution >= 0.6 is 0 Å². The molecule has 0 unspecified atom stereocenters. The van der Waals surface area contributed by atoms with Crippen LogP contribution in [0.1, 0.15) is 10.4 Å². The number of rotatable bonds is 2. The van der Waals surface area contributed by atoms with Crippen LogP contribution in [0.2, 0.25) is 0 Å². The highest BCUT2D eigenvalue weighted by Crippen LogP contribution is 2.16. The second-order valence-electron chi connectivity index (χ2n) is 2.25. The van der Waals surface area contributed by atoms with E-state index < -0.39 is 13.3 Å². The summed E-state index contributed by atoms with van der Waals surface area (Å²) in [7, 11) is -2.17. The molecule has 3 N–H and O–H groups in total. The van der Waals surface area contributed by atoms with Crippen molar-refractivity contribution in [1.82, 2.24) is 0 Å². The number of benzene rings is 1. The maximum atomic E-state index is 11.0. The van der Waals surface area contributed by atoms with E-state index in [-0.39, 0.29) is 11.3 Å². The Morgan fingerprint density at radius 2 is 1.92 bits per heavy atom. The quantitative estimate of drug-likeness (QED) is 0.537. The summed E-state index contributed by atoms with van der Waals surface area (Å²) in [5.74, 6) is -1.26. The van der Waals surface area contributed by atoms with Gasteiger partial charge in [-0.2, -0.15) is 0 Å². The van der Waals surface area contributed by atoms with Gasteiger partial charge in [-0.15, -0.1) is 0 Å². The van der Waals surface area contributed by atoms with E-state index in [1.165, 1.54) is 24.3 Å². The zero-order chi connectivity index (χ0) is 9.84. The largest absolute Gasteiger partial charge is 0.709 e. The average molecular weight is 182 g/mol. The standard InChI is InChI=1S/C7H7BO5/c9-6-4-2-1-3-5(6)7(10)13-8(11)12/h1-4,9,11-12H. The molecule has 0 bridgehead atoms. The fourth-order valence-electron chi connectivity index (χ4n) is 0.805. The third-order valence-electron chi connectivity index (χ3n) is 1.34. The van der Waals surface area contributed by atoms with Crippen LogP contribution < -0.4 is 0 Å². The molecule has 6 heteroatoms. The van der Waals surface area contributed by atoms with Gasteiger partial charge < -0.3 is 19.8 Å². The van der Waals surface area contributed by atoms with Crippen LogP contribution in [0.3, 0.4) is 0 Å². The number of hydrogen-bond acceptors (Lipinski definition) is 5. The van der Waals surface area contributed by atoms with Crippen molar-refractivity contribution in [1.29, 1.82) is 0 Å². The molecule has 0 saturated carbocycles. The van der Waals surface area contributed by atoms with E-state index in [1.807, 2.05) is 0 Å². The predicted molar refractivity (Wildman–Crippen MR) is 43.7 cm³/mol. The van der Waals surface area contributed by atoms with Crippen LogP contribution in [0, 0.1) is 0 Å². The average Bonchev–Trinajstić information content (AvgIpc) is 2.03. The molecule has 1 aromatic carbocycles. The van der Waals surface area contributed by atoms with Crippen molar-refractivity contribution in [3.63, 3.8) is 0 Å². The van der Waals surface area contributed by atoms with Crippen LogP contribution in [0.5, 0.6) is 5.75 Å². The van der Waals surface area contributed by atoms with Gasteiger partial charge in [0.1, 0.15) is 5.75 Å². The van der Waals surface area contributed by atoms with Gasteiger partial charge in [-0.25, -0.2) is 4.79 Å². The smallest absolute Gasteiger partial charge is 0.507 e. The van der Waals surface area contributed by atoms with E-state index in [0.717, 1.165) is 0 Å². The maximum Gasteiger partial charge on any atom is 0.709 e. The summed E-state index contributed by atoms with van der Waals surface area (Å²) in [5.41, 5.74) is -0.115. The van der Waals surface area contributed by atoms with Gasteiger partial charge in [0.2, 0.25) is 0 Å². The first kappa shape index (κ1) is 9.56. The molecular formula is C7H7BO5. The summed E-state index contributed by atoms with van der Waals surface area (Å²) in [4.78, 5) is 11.0. The molecule has 0 aromatic heterocycles. The van der Waals surface area contributed by atoms with Gasteiger partial charge in [-0.3, -0.25) is 0 Å². The van der Waals surface area contributed by atoms with E-state index in [4.69, 9.17) is 15.2 Å². The van der Waals surface area contributed by atoms with E-state index in [1.54, 1.807) is 0 Å². The SMILES string of the molecule is O=C(OB(O)O)c1ccccc1O. The highest BCUT2D eigenvalue weighted by atomic mass is 16.6. The molecule has 5 nitrogen and oxygen atoms in total. The Kier molecular flexibility index (Phi) is 2.89. The Hall–Kier alpha value is -1.53. The summed E-state index contributed by atoms with van der Waals surface area (Å²) < 4.78 is 4.03. The van der Waals surface area contributed by atoms with Crippen molar-refractivity contribution >= 4 is 13.3 Å². The maximum absolute atomic E-state index is 11.0. The first-order chi connectivity index (χ1) is 6.11. The van der Waals surface area contributed by atoms with Gasteiger partial charge in [-0.05, 0) is 12.1 Å². The molecule has 0 amide bonds. The number of phenols is 1. The number of para-hydroxylation sites is 1. The summed E-state index contributed by atoms with van der Waals surface area (Å²) in [5, 5.41) is 25.7. The van der Waals surface area contributed by atoms with Gasteiger partial charge in [0, 0.05) is 0 Å². The van der Waals surface area contributed by atoms with Crippen LogP contribution in [-0.2, 0) is 4.65 Å². The second kappa shape index (κ2) is 3.93. The zero-order valence-corrected chi connectivity index (χ0v) is 6.54. The van der Waals surface area contributed by atoms with Gasteiger partial charge in [-0.1, -0.05) is 12.1 Å². The molecule has 68 valence electrons. The normalized spacial score (nSPS) is 9.38. The number of carbonyl (C=O) groups is 1. The molecule has 13 heavy (non-hydrogen) atoms. The topological polar surface area (TPSA) is 87.0 Å². The van der Waals surface area contributed by atoms with Crippen LogP contribution in [-0.4, -0.2) is 28.4 Å². The second-order valence-corrected chi connectivity index (χ2v) is 2.25. The third-order valence-corrected chi connectivity index (χ3v) is 1.34. The molecule has 0 atom stereocenters. The molecule has 1 aromatic rings. The first-order valence-corrected chi connectivity index (χ1v) is 3.46. The van der Waals surface area contributed by atoms with Crippen molar-refractivity contribution in [2.75, 3.05) is 0 Å². The zero-order valence-electron chi connectivity index (χ0n) is 6.54. The monoisotopic (exact) mass is 182 g/mol. The Balaban J connectivity index is 2.83. The molecule has 1 rings (SSSR count). The van der Waals surface area contributed by atoms with Crippen molar-refractivity contribution < 1.29 is 24.6 Å². The van der Waals surface area contributed by atoms with Gasteiger partial charge >= 0.3 is 13.3 Å². The fraction of sp³-hybridized carbons (Fsp3) is 0. The summed E-state index contributed by atoms with van der Waals surface area (Å²) in [6.45, 7) is 0. The Labute approximate surface area is 74.4 Å². The molecule has 0 radical (unpaired) electrons. The molecule has 0 spiro atoms. The molecule has 0 aliphatic carbocycles. The van der Waals surface area contributed by atoms with Crippen molar-refractivity contribution in [2.45, 2.75) is 0 Å². The van der Waals surface area contributed by atoms with E-state index in [0.29, 0.717) is 0 Å². The van der Waals surface area contributed by atoms with Gasteiger partial charge in [0.15, 0.2) is 0 Å². The molecular weight excluding hydrogens is 175 g/mol. The van der Waals surface area contributed by atoms with Crippen LogP contribution in [0.4, 0.5) is 0 Å². The Bertz CT molecular complexity index is 312. The van der Waals surface area contributed by atoms with E-state index in [2.05, 4.69) is 4.65 Å². The lowest BCUT2D eigenvalue weighted by Gasteiger charge is -2.03. The Morgan fingerprint density at radius 3 is 2.46 bits per heavy atom. The fourth-order valence-corrected chi connectivity index (χ4v) is 0.805. The number of phenolic OH excluding ortho intramolecular Hbond substituents is 1. The number of carbonyl (C=O) groups excluding carboxylic acids is 1. The number of aromatic hydroxyl groups is 1. The van der Waals surface area contributed by atoms with Crippen LogP contribution in [0.15, 0.2) is 24.3 Å². The first-order valence-electron chi connectivity index (χ1n) is 3.46. The lowest BCUT2D eigenvalue weighted by molar-refractivity contribution is 0.0645. The minimum absolute atomic E-state index is 0.115. The summed E-state index contributed by atoms with van der Waals surface area (Å²) >= 11 is 0. The predicted octanol–water partition coefficient (Wildman–Crippen LogP) is -0.481. The molecule has 0 aliphatic rings. The highest BCUT2D eigenvalue weighted by molar-refractivity contribution is 6.36. The van der Waals surface area contributed by atoms with Gasteiger partial charge in [0.25, 0.3) is 0 Å². The Morgan fingerprint density at radius 1 is 1.31 bits per heavy atom. The van der Waals surface area contributed by atoms with Gasteiger partial charge in [0.05, 0.1) is 5.56 Å². The lowest BCUT2D eigenvalue weighted by atomic mass is 10.2. The molecule has 0 aliphatic heterocycles. The molecule has 0 saturated heterocycles. The van der Waals surface area contributed by atoms with E-state index in [9.17, 15) is 4.79 Å². The molecule has 0 fully saturated rings. The minimum atomic E-state index is -2.17.